The summed E-state index contributed by atoms with van der Waals surface area (Å²) in [6, 6.07) is 9.44. The molecule has 3 aromatic heterocycles. The smallest absolute Gasteiger partial charge is 0.382 e. The molecule has 34 heavy (non-hydrogen) atoms. The normalized spacial score (nSPS) is 11.5. The van der Waals surface area contributed by atoms with Crippen molar-refractivity contribution in [2.45, 2.75) is 25.6 Å². The van der Waals surface area contributed by atoms with Crippen LogP contribution in [0.2, 0.25) is 0 Å². The lowest BCUT2D eigenvalue weighted by molar-refractivity contribution is -0.142. The standard InChI is InChI=1S/C21H17F4N7O2/c22-13-4-2-1-3-12(13)11-32-17(14-6-8-34-31-14)9-15(30-32)20-27-10-16(19(26)29-20)28-18(33)5-7-21(23,24)25/h1-4,6,8-10H,5,7,11H2,(H,28,33)(H2,26,27,29). The van der Waals surface area contributed by atoms with Crippen LogP contribution >= 0.6 is 0 Å². The number of amides is 1. The first-order chi connectivity index (χ1) is 16.2. The molecule has 0 radical (unpaired) electrons. The first-order valence-corrected chi connectivity index (χ1v) is 9.91. The summed E-state index contributed by atoms with van der Waals surface area (Å²) in [5.41, 5.74) is 7.45. The van der Waals surface area contributed by atoms with E-state index in [1.807, 2.05) is 0 Å². The Morgan fingerprint density at radius 1 is 1.18 bits per heavy atom. The number of nitrogen functional groups attached to an aromatic ring is 1. The van der Waals surface area contributed by atoms with Gasteiger partial charge < -0.3 is 15.6 Å². The van der Waals surface area contributed by atoms with Crippen LogP contribution < -0.4 is 11.1 Å². The lowest BCUT2D eigenvalue weighted by Crippen LogP contribution is -2.17. The lowest BCUT2D eigenvalue weighted by atomic mass is 10.2. The number of carbonyl (C=O) groups is 1. The van der Waals surface area contributed by atoms with Crippen molar-refractivity contribution in [2.75, 3.05) is 11.1 Å². The molecular formula is C21H17F4N7O2. The first-order valence-electron chi connectivity index (χ1n) is 9.91. The van der Waals surface area contributed by atoms with Crippen LogP contribution in [0.15, 0.2) is 53.4 Å². The molecule has 3 heterocycles. The number of carbonyl (C=O) groups excluding carboxylic acids is 1. The summed E-state index contributed by atoms with van der Waals surface area (Å²) in [5, 5.41) is 10.6. The van der Waals surface area contributed by atoms with E-state index in [-0.39, 0.29) is 29.6 Å². The van der Waals surface area contributed by atoms with Crippen molar-refractivity contribution < 1.29 is 26.9 Å². The molecule has 0 spiro atoms. The van der Waals surface area contributed by atoms with Crippen molar-refractivity contribution >= 4 is 17.4 Å². The molecule has 1 amide bonds. The lowest BCUT2D eigenvalue weighted by Gasteiger charge is -2.09. The maximum absolute atomic E-state index is 14.2. The molecule has 176 valence electrons. The Labute approximate surface area is 189 Å². The molecule has 3 N–H and O–H groups in total. The summed E-state index contributed by atoms with van der Waals surface area (Å²) in [5.74, 6) is -1.35. The van der Waals surface area contributed by atoms with Gasteiger partial charge in [-0.15, -0.1) is 0 Å². The van der Waals surface area contributed by atoms with Gasteiger partial charge in [-0.3, -0.25) is 9.48 Å². The fourth-order valence-electron chi connectivity index (χ4n) is 3.07. The third-order valence-electron chi connectivity index (χ3n) is 4.72. The van der Waals surface area contributed by atoms with E-state index >= 15 is 0 Å². The van der Waals surface area contributed by atoms with Crippen LogP contribution in [0.25, 0.3) is 22.9 Å². The fraction of sp³-hybridized carbons (Fsp3) is 0.190. The predicted octanol–water partition coefficient (Wildman–Crippen LogP) is 4.05. The van der Waals surface area contributed by atoms with Crippen LogP contribution in [0.4, 0.5) is 29.1 Å². The highest BCUT2D eigenvalue weighted by Crippen LogP contribution is 2.27. The number of nitrogens with two attached hydrogens (primary N) is 1. The average molecular weight is 475 g/mol. The van der Waals surface area contributed by atoms with Crippen molar-refractivity contribution in [1.82, 2.24) is 24.9 Å². The Kier molecular flexibility index (Phi) is 6.25. The molecule has 0 saturated carbocycles. The van der Waals surface area contributed by atoms with E-state index in [1.165, 1.54) is 23.2 Å². The molecule has 9 nitrogen and oxygen atoms in total. The SMILES string of the molecule is Nc1nc(-c2cc(-c3ccon3)n(Cc3ccccc3F)n2)ncc1NC(=O)CCC(F)(F)F. The third-order valence-corrected chi connectivity index (χ3v) is 4.72. The van der Waals surface area contributed by atoms with Crippen molar-refractivity contribution in [3.05, 3.63) is 60.2 Å². The maximum Gasteiger partial charge on any atom is 0.389 e. The molecule has 0 bridgehead atoms. The summed E-state index contributed by atoms with van der Waals surface area (Å²) >= 11 is 0. The van der Waals surface area contributed by atoms with Gasteiger partial charge in [0, 0.05) is 18.1 Å². The molecule has 0 fully saturated rings. The number of rotatable bonds is 7. The minimum atomic E-state index is -4.45. The molecular weight excluding hydrogens is 458 g/mol. The molecule has 0 atom stereocenters. The number of halogens is 4. The highest BCUT2D eigenvalue weighted by Gasteiger charge is 2.28. The van der Waals surface area contributed by atoms with Gasteiger partial charge in [0.25, 0.3) is 0 Å². The van der Waals surface area contributed by atoms with E-state index in [0.717, 1.165) is 0 Å². The molecule has 4 aromatic rings. The van der Waals surface area contributed by atoms with Crippen LogP contribution in [0, 0.1) is 5.82 Å². The number of anilines is 2. The van der Waals surface area contributed by atoms with Crippen LogP contribution in [0.5, 0.6) is 0 Å². The second kappa shape index (κ2) is 9.29. The topological polar surface area (TPSA) is 125 Å². The Balaban J connectivity index is 1.60. The fourth-order valence-corrected chi connectivity index (χ4v) is 3.07. The number of benzene rings is 1. The van der Waals surface area contributed by atoms with Crippen LogP contribution in [-0.2, 0) is 11.3 Å². The summed E-state index contributed by atoms with van der Waals surface area (Å²) in [6.07, 6.45) is -3.92. The quantitative estimate of drug-likeness (QED) is 0.387. The molecule has 0 aliphatic heterocycles. The minimum absolute atomic E-state index is 0.0292. The van der Waals surface area contributed by atoms with Crippen molar-refractivity contribution in [1.29, 1.82) is 0 Å². The van der Waals surface area contributed by atoms with Gasteiger partial charge in [0.2, 0.25) is 5.91 Å². The third kappa shape index (κ3) is 5.36. The Bertz CT molecular complexity index is 1300. The minimum Gasteiger partial charge on any atom is -0.382 e. The summed E-state index contributed by atoms with van der Waals surface area (Å²) in [6.45, 7) is 0.0810. The molecule has 4 rings (SSSR count). The first kappa shape index (κ1) is 22.9. The maximum atomic E-state index is 14.2. The van der Waals surface area contributed by atoms with Crippen LogP contribution in [0.3, 0.4) is 0 Å². The van der Waals surface area contributed by atoms with E-state index in [9.17, 15) is 22.4 Å². The van der Waals surface area contributed by atoms with Crippen molar-refractivity contribution in [2.24, 2.45) is 0 Å². The molecule has 0 unspecified atom stereocenters. The van der Waals surface area contributed by atoms with Gasteiger partial charge in [0.15, 0.2) is 11.6 Å². The van der Waals surface area contributed by atoms with E-state index in [4.69, 9.17) is 10.3 Å². The largest absolute Gasteiger partial charge is 0.389 e. The van der Waals surface area contributed by atoms with E-state index in [2.05, 4.69) is 25.5 Å². The van der Waals surface area contributed by atoms with Gasteiger partial charge >= 0.3 is 6.18 Å². The predicted molar refractivity (Wildman–Crippen MR) is 113 cm³/mol. The van der Waals surface area contributed by atoms with Crippen LogP contribution in [-0.4, -0.2) is 37.0 Å². The Morgan fingerprint density at radius 3 is 2.65 bits per heavy atom. The number of hydrogen-bond donors (Lipinski definition) is 2. The van der Waals surface area contributed by atoms with Gasteiger partial charge in [-0.05, 0) is 12.1 Å². The molecule has 0 saturated heterocycles. The average Bonchev–Trinajstić information content (AvgIpc) is 3.45. The summed E-state index contributed by atoms with van der Waals surface area (Å²) < 4.78 is 57.5. The molecule has 13 heteroatoms. The van der Waals surface area contributed by atoms with Gasteiger partial charge in [-0.25, -0.2) is 14.4 Å². The van der Waals surface area contributed by atoms with E-state index in [1.54, 1.807) is 30.3 Å². The molecule has 1 aromatic carbocycles. The molecule has 0 aliphatic rings. The zero-order chi connectivity index (χ0) is 24.3. The van der Waals surface area contributed by atoms with Crippen molar-refractivity contribution in [3.8, 4) is 22.9 Å². The number of nitrogens with one attached hydrogen (secondary N) is 1. The second-order valence-electron chi connectivity index (χ2n) is 7.20. The molecule has 0 aliphatic carbocycles. The number of hydrogen-bond acceptors (Lipinski definition) is 7. The Morgan fingerprint density at radius 2 is 1.97 bits per heavy atom. The number of nitrogens with zero attached hydrogens (tertiary/aromatic N) is 5. The zero-order valence-electron chi connectivity index (χ0n) is 17.4. The zero-order valence-corrected chi connectivity index (χ0v) is 17.4. The number of aromatic nitrogens is 5. The highest BCUT2D eigenvalue weighted by molar-refractivity contribution is 5.93. The van der Waals surface area contributed by atoms with Gasteiger partial charge in [0.05, 0.1) is 24.9 Å². The summed E-state index contributed by atoms with van der Waals surface area (Å²) in [4.78, 5) is 20.0. The van der Waals surface area contributed by atoms with Crippen LogP contribution in [0.1, 0.15) is 18.4 Å². The van der Waals surface area contributed by atoms with Gasteiger partial charge in [-0.1, -0.05) is 23.4 Å². The monoisotopic (exact) mass is 475 g/mol. The van der Waals surface area contributed by atoms with E-state index in [0.29, 0.717) is 17.0 Å². The number of alkyl halides is 3. The Hall–Kier alpha value is -4.29. The summed E-state index contributed by atoms with van der Waals surface area (Å²) in [7, 11) is 0. The van der Waals surface area contributed by atoms with Gasteiger partial charge in [-0.2, -0.15) is 18.3 Å². The second-order valence-corrected chi connectivity index (χ2v) is 7.20. The van der Waals surface area contributed by atoms with Crippen molar-refractivity contribution in [3.63, 3.8) is 0 Å². The highest BCUT2D eigenvalue weighted by atomic mass is 19.4. The van der Waals surface area contributed by atoms with Gasteiger partial charge in [0.1, 0.15) is 29.2 Å². The van der Waals surface area contributed by atoms with E-state index < -0.39 is 30.7 Å².